The van der Waals surface area contributed by atoms with Gasteiger partial charge in [-0.05, 0) is 19.3 Å². The monoisotopic (exact) mass is 276 g/mol. The van der Waals surface area contributed by atoms with Gasteiger partial charge in [-0.3, -0.25) is 4.79 Å². The van der Waals surface area contributed by atoms with E-state index in [1.165, 1.54) is 0 Å². The summed E-state index contributed by atoms with van der Waals surface area (Å²) in [6, 6.07) is -0.135. The molecule has 2 rings (SSSR count). The molecule has 0 radical (unpaired) electrons. The molecule has 6 nitrogen and oxygen atoms in total. The Labute approximate surface area is 107 Å². The topological polar surface area (TPSA) is 86.7 Å². The number of hydrogen-bond acceptors (Lipinski definition) is 5. The fraction of sp³-hybridized carbons (Fsp3) is 0.909. The summed E-state index contributed by atoms with van der Waals surface area (Å²) in [5, 5.41) is 12.2. The van der Waals surface area contributed by atoms with Crippen LogP contribution in [0.1, 0.15) is 19.3 Å². The average Bonchev–Trinajstić information content (AvgIpc) is 3.09. The van der Waals surface area contributed by atoms with Crippen molar-refractivity contribution >= 4 is 15.8 Å². The molecule has 18 heavy (non-hydrogen) atoms. The van der Waals surface area contributed by atoms with Crippen LogP contribution in [0.2, 0.25) is 0 Å². The van der Waals surface area contributed by atoms with Crippen molar-refractivity contribution in [3.8, 4) is 0 Å². The van der Waals surface area contributed by atoms with Gasteiger partial charge in [-0.25, -0.2) is 8.42 Å². The summed E-state index contributed by atoms with van der Waals surface area (Å²) in [4.78, 5) is 13.1. The standard InChI is InChI=1S/C11H20N2O4S/c14-11(15)10(12-9-1-2-9)3-4-13-5-7-18(16,17)8-6-13/h9-10,12H,1-8H2,(H,14,15). The van der Waals surface area contributed by atoms with Crippen LogP contribution in [0.25, 0.3) is 0 Å². The number of rotatable bonds is 6. The summed E-state index contributed by atoms with van der Waals surface area (Å²) in [6.07, 6.45) is 2.66. The third kappa shape index (κ3) is 4.22. The molecule has 2 aliphatic rings. The van der Waals surface area contributed by atoms with Gasteiger partial charge in [-0.15, -0.1) is 0 Å². The summed E-state index contributed by atoms with van der Waals surface area (Å²) in [7, 11) is -2.85. The van der Waals surface area contributed by atoms with Crippen molar-refractivity contribution < 1.29 is 18.3 Å². The molecular weight excluding hydrogens is 256 g/mol. The van der Waals surface area contributed by atoms with Gasteiger partial charge in [0.05, 0.1) is 11.5 Å². The Bertz CT molecular complexity index is 391. The Morgan fingerprint density at radius 2 is 1.94 bits per heavy atom. The molecule has 1 atom stereocenters. The SMILES string of the molecule is O=C(O)C(CCN1CCS(=O)(=O)CC1)NC1CC1. The van der Waals surface area contributed by atoms with E-state index in [2.05, 4.69) is 5.32 Å². The molecule has 1 unspecified atom stereocenters. The molecule has 0 aromatic heterocycles. The van der Waals surface area contributed by atoms with Crippen LogP contribution >= 0.6 is 0 Å². The predicted octanol–water partition coefficient (Wildman–Crippen LogP) is -0.688. The van der Waals surface area contributed by atoms with Gasteiger partial charge in [-0.2, -0.15) is 0 Å². The van der Waals surface area contributed by atoms with Gasteiger partial charge in [0.25, 0.3) is 0 Å². The van der Waals surface area contributed by atoms with Crippen LogP contribution in [0.15, 0.2) is 0 Å². The maximum atomic E-state index is 11.3. The molecule has 0 aromatic carbocycles. The number of aliphatic carboxylic acids is 1. The zero-order valence-corrected chi connectivity index (χ0v) is 11.2. The van der Waals surface area contributed by atoms with Crippen LogP contribution in [0.5, 0.6) is 0 Å². The highest BCUT2D eigenvalue weighted by Crippen LogP contribution is 2.20. The zero-order valence-electron chi connectivity index (χ0n) is 10.3. The first kappa shape index (κ1) is 13.8. The molecule has 1 aliphatic carbocycles. The first-order valence-corrected chi connectivity index (χ1v) is 8.20. The molecule has 1 heterocycles. The number of carbonyl (C=O) groups is 1. The van der Waals surface area contributed by atoms with E-state index in [1.807, 2.05) is 4.90 Å². The van der Waals surface area contributed by atoms with Gasteiger partial charge in [0.15, 0.2) is 9.84 Å². The molecule has 1 aliphatic heterocycles. The van der Waals surface area contributed by atoms with E-state index in [1.54, 1.807) is 0 Å². The molecule has 2 N–H and O–H groups in total. The highest BCUT2D eigenvalue weighted by molar-refractivity contribution is 7.91. The Balaban J connectivity index is 1.73. The van der Waals surface area contributed by atoms with Crippen molar-refractivity contribution in [2.75, 3.05) is 31.1 Å². The molecule has 2 fully saturated rings. The summed E-state index contributed by atoms with van der Waals surface area (Å²) in [6.45, 7) is 1.70. The van der Waals surface area contributed by atoms with E-state index in [9.17, 15) is 13.2 Å². The number of nitrogens with one attached hydrogen (secondary N) is 1. The van der Waals surface area contributed by atoms with E-state index in [0.717, 1.165) is 12.8 Å². The average molecular weight is 276 g/mol. The number of carboxylic acid groups (broad SMARTS) is 1. The third-order valence-electron chi connectivity index (χ3n) is 3.48. The smallest absolute Gasteiger partial charge is 0.320 e. The lowest BCUT2D eigenvalue weighted by molar-refractivity contribution is -0.139. The van der Waals surface area contributed by atoms with E-state index >= 15 is 0 Å². The highest BCUT2D eigenvalue weighted by Gasteiger charge is 2.29. The van der Waals surface area contributed by atoms with Crippen molar-refractivity contribution in [2.24, 2.45) is 0 Å². The lowest BCUT2D eigenvalue weighted by atomic mass is 10.2. The van der Waals surface area contributed by atoms with Gasteiger partial charge in [0.1, 0.15) is 6.04 Å². The molecule has 7 heteroatoms. The van der Waals surface area contributed by atoms with Gasteiger partial charge >= 0.3 is 5.97 Å². The molecule has 0 bridgehead atoms. The van der Waals surface area contributed by atoms with Crippen LogP contribution < -0.4 is 5.32 Å². The fourth-order valence-electron chi connectivity index (χ4n) is 2.10. The van der Waals surface area contributed by atoms with Crippen molar-refractivity contribution in [3.05, 3.63) is 0 Å². The minimum atomic E-state index is -2.85. The molecule has 1 saturated heterocycles. The Morgan fingerprint density at radius 1 is 1.33 bits per heavy atom. The number of sulfone groups is 1. The lowest BCUT2D eigenvalue weighted by Crippen LogP contribution is -2.45. The predicted molar refractivity (Wildman–Crippen MR) is 67.3 cm³/mol. The van der Waals surface area contributed by atoms with Crippen LogP contribution in [0.4, 0.5) is 0 Å². The van der Waals surface area contributed by atoms with Crippen LogP contribution in [0, 0.1) is 0 Å². The minimum absolute atomic E-state index is 0.195. The number of nitrogens with zero attached hydrogens (tertiary/aromatic N) is 1. The van der Waals surface area contributed by atoms with Gasteiger partial charge in [-0.1, -0.05) is 0 Å². The first-order valence-electron chi connectivity index (χ1n) is 6.38. The van der Waals surface area contributed by atoms with Gasteiger partial charge in [0.2, 0.25) is 0 Å². The van der Waals surface area contributed by atoms with Crippen LogP contribution in [-0.4, -0.2) is 67.6 Å². The summed E-state index contributed by atoms with van der Waals surface area (Å²) >= 11 is 0. The summed E-state index contributed by atoms with van der Waals surface area (Å²) < 4.78 is 22.5. The van der Waals surface area contributed by atoms with Crippen LogP contribution in [-0.2, 0) is 14.6 Å². The molecule has 0 aromatic rings. The van der Waals surface area contributed by atoms with Gasteiger partial charge in [0, 0.05) is 25.7 Å². The van der Waals surface area contributed by atoms with E-state index in [0.29, 0.717) is 32.1 Å². The van der Waals surface area contributed by atoms with E-state index in [4.69, 9.17) is 5.11 Å². The maximum Gasteiger partial charge on any atom is 0.320 e. The van der Waals surface area contributed by atoms with E-state index in [-0.39, 0.29) is 11.5 Å². The van der Waals surface area contributed by atoms with Gasteiger partial charge < -0.3 is 15.3 Å². The first-order chi connectivity index (χ1) is 8.46. The second-order valence-corrected chi connectivity index (χ2v) is 7.42. The Morgan fingerprint density at radius 3 is 2.44 bits per heavy atom. The highest BCUT2D eigenvalue weighted by atomic mass is 32.2. The van der Waals surface area contributed by atoms with Crippen molar-refractivity contribution in [3.63, 3.8) is 0 Å². The maximum absolute atomic E-state index is 11.3. The number of carboxylic acids is 1. The molecule has 0 spiro atoms. The second-order valence-electron chi connectivity index (χ2n) is 5.11. The molecular formula is C11H20N2O4S. The second kappa shape index (κ2) is 5.54. The minimum Gasteiger partial charge on any atom is -0.480 e. The van der Waals surface area contributed by atoms with Crippen molar-refractivity contribution in [2.45, 2.75) is 31.3 Å². The Hall–Kier alpha value is -0.660. The molecule has 104 valence electrons. The van der Waals surface area contributed by atoms with Crippen molar-refractivity contribution in [1.82, 2.24) is 10.2 Å². The summed E-state index contributed by atoms with van der Waals surface area (Å²) in [5.74, 6) is -0.423. The quantitative estimate of drug-likeness (QED) is 0.668. The molecule has 0 amide bonds. The normalized spacial score (nSPS) is 25.8. The third-order valence-corrected chi connectivity index (χ3v) is 5.09. The van der Waals surface area contributed by atoms with Crippen LogP contribution in [0.3, 0.4) is 0 Å². The van der Waals surface area contributed by atoms with Crippen molar-refractivity contribution in [1.29, 1.82) is 0 Å². The zero-order chi connectivity index (χ0) is 13.2. The number of hydrogen-bond donors (Lipinski definition) is 2. The lowest BCUT2D eigenvalue weighted by Gasteiger charge is -2.27. The largest absolute Gasteiger partial charge is 0.480 e. The Kier molecular flexibility index (Phi) is 4.24. The summed E-state index contributed by atoms with van der Waals surface area (Å²) in [5.41, 5.74) is 0. The van der Waals surface area contributed by atoms with E-state index < -0.39 is 21.8 Å². The fourth-order valence-corrected chi connectivity index (χ4v) is 3.37. The molecule has 1 saturated carbocycles.